The first-order chi connectivity index (χ1) is 18.9. The molecule has 232 valence electrons. The fraction of sp³-hybridized carbons (Fsp3) is 0.652. The zero-order valence-electron chi connectivity index (χ0n) is 22.8. The van der Waals surface area contributed by atoms with Crippen LogP contribution in [-0.2, 0) is 38.4 Å². The van der Waals surface area contributed by atoms with Crippen LogP contribution >= 0.6 is 0 Å². The standard InChI is InChI=1S/C23H38N6O12/c1-9(2)17(25)21(38)28-13(8-16(34)35)20(37)29-18(10(3)30)22(39)26-11(5-7-15(32)33)19(36)27-12(23(40)41)4-6-14(24)31/h9-13,17-18,30H,4-8,25H2,1-3H3,(H2,24,31)(H,26,39)(H,27,36)(H,28,38)(H,29,37)(H,32,33)(H,34,35)(H,40,41)/t10-,11+,12+,13+,17+,18+/m1/s1. The van der Waals surface area contributed by atoms with Gasteiger partial charge < -0.3 is 53.2 Å². The lowest BCUT2D eigenvalue weighted by Crippen LogP contribution is -2.61. The van der Waals surface area contributed by atoms with E-state index in [2.05, 4.69) is 21.3 Å². The molecule has 0 rings (SSSR count). The van der Waals surface area contributed by atoms with E-state index in [-0.39, 0.29) is 5.92 Å². The molecule has 18 nitrogen and oxygen atoms in total. The van der Waals surface area contributed by atoms with Crippen molar-refractivity contribution in [2.24, 2.45) is 17.4 Å². The molecular formula is C23H38N6O12. The van der Waals surface area contributed by atoms with Crippen LogP contribution in [0, 0.1) is 5.92 Å². The molecule has 0 aliphatic heterocycles. The van der Waals surface area contributed by atoms with Crippen molar-refractivity contribution in [2.45, 2.75) is 89.2 Å². The molecule has 0 aromatic heterocycles. The summed E-state index contributed by atoms with van der Waals surface area (Å²) < 4.78 is 0. The zero-order valence-corrected chi connectivity index (χ0v) is 22.8. The SMILES string of the molecule is CC(C)[C@H](N)C(=O)N[C@@H](CC(=O)O)C(=O)N[C@H](C(=O)N[C@@H](CCC(=O)O)C(=O)N[C@@H](CCC(N)=O)C(=O)O)[C@@H](C)O. The van der Waals surface area contributed by atoms with Crippen molar-refractivity contribution < 1.29 is 58.8 Å². The van der Waals surface area contributed by atoms with E-state index in [1.54, 1.807) is 13.8 Å². The van der Waals surface area contributed by atoms with E-state index >= 15 is 0 Å². The number of carbonyl (C=O) groups is 8. The topological polar surface area (TPSA) is 318 Å². The minimum absolute atomic E-state index is 0.370. The van der Waals surface area contributed by atoms with Crippen LogP contribution in [-0.4, -0.2) is 104 Å². The van der Waals surface area contributed by atoms with Crippen LogP contribution in [0.2, 0.25) is 0 Å². The summed E-state index contributed by atoms with van der Waals surface area (Å²) in [4.78, 5) is 95.7. The monoisotopic (exact) mass is 590 g/mol. The highest BCUT2D eigenvalue weighted by Gasteiger charge is 2.34. The van der Waals surface area contributed by atoms with E-state index < -0.39 is 116 Å². The molecule has 0 aromatic carbocycles. The maximum absolute atomic E-state index is 13.0. The molecule has 0 aromatic rings. The van der Waals surface area contributed by atoms with Crippen LogP contribution < -0.4 is 32.7 Å². The number of carboxylic acid groups (broad SMARTS) is 3. The van der Waals surface area contributed by atoms with Gasteiger partial charge in [-0.15, -0.1) is 0 Å². The number of carbonyl (C=O) groups excluding carboxylic acids is 5. The van der Waals surface area contributed by atoms with Gasteiger partial charge in [0.15, 0.2) is 0 Å². The van der Waals surface area contributed by atoms with Gasteiger partial charge in [0.25, 0.3) is 0 Å². The summed E-state index contributed by atoms with van der Waals surface area (Å²) in [7, 11) is 0. The van der Waals surface area contributed by atoms with Gasteiger partial charge in [-0.05, 0) is 25.7 Å². The number of nitrogens with two attached hydrogens (primary N) is 2. The summed E-state index contributed by atoms with van der Waals surface area (Å²) in [5, 5.41) is 46.0. The Labute approximate surface area is 234 Å². The Balaban J connectivity index is 5.86. The maximum Gasteiger partial charge on any atom is 0.326 e. The molecule has 0 unspecified atom stereocenters. The molecule has 0 saturated heterocycles. The van der Waals surface area contributed by atoms with Crippen LogP contribution in [0.4, 0.5) is 0 Å². The Morgan fingerprint density at radius 2 is 1.15 bits per heavy atom. The number of primary amides is 1. The molecule has 5 amide bonds. The lowest BCUT2D eigenvalue weighted by atomic mass is 10.0. The second-order valence-corrected chi connectivity index (χ2v) is 9.55. The second-order valence-electron chi connectivity index (χ2n) is 9.55. The summed E-state index contributed by atoms with van der Waals surface area (Å²) in [6.45, 7) is 4.29. The summed E-state index contributed by atoms with van der Waals surface area (Å²) in [5.74, 6) is -10.0. The van der Waals surface area contributed by atoms with Gasteiger partial charge in [0.05, 0.1) is 18.6 Å². The molecular weight excluding hydrogens is 552 g/mol. The molecule has 0 spiro atoms. The van der Waals surface area contributed by atoms with Crippen LogP contribution in [0.15, 0.2) is 0 Å². The van der Waals surface area contributed by atoms with E-state index in [0.29, 0.717) is 0 Å². The van der Waals surface area contributed by atoms with Crippen molar-refractivity contribution in [3.63, 3.8) is 0 Å². The Bertz CT molecular complexity index is 1000. The molecule has 0 aliphatic rings. The highest BCUT2D eigenvalue weighted by atomic mass is 16.4. The molecule has 0 saturated carbocycles. The number of rotatable bonds is 19. The molecule has 0 fully saturated rings. The number of hydrogen-bond acceptors (Lipinski definition) is 10. The first-order valence-electron chi connectivity index (χ1n) is 12.5. The van der Waals surface area contributed by atoms with Crippen molar-refractivity contribution in [1.29, 1.82) is 0 Å². The van der Waals surface area contributed by atoms with Gasteiger partial charge in [0.2, 0.25) is 29.5 Å². The number of hydrogen-bond donors (Lipinski definition) is 10. The van der Waals surface area contributed by atoms with E-state index in [1.807, 2.05) is 0 Å². The van der Waals surface area contributed by atoms with Gasteiger partial charge in [-0.25, -0.2) is 4.79 Å². The third-order valence-corrected chi connectivity index (χ3v) is 5.67. The predicted octanol–water partition coefficient (Wildman–Crippen LogP) is -4.02. The first kappa shape index (κ1) is 36.7. The van der Waals surface area contributed by atoms with Crippen LogP contribution in [0.5, 0.6) is 0 Å². The Hall–Kier alpha value is -4.32. The van der Waals surface area contributed by atoms with Crippen molar-refractivity contribution in [3.8, 4) is 0 Å². The number of aliphatic hydroxyl groups excluding tert-OH is 1. The second kappa shape index (κ2) is 17.4. The van der Waals surface area contributed by atoms with Crippen molar-refractivity contribution in [2.75, 3.05) is 0 Å². The van der Waals surface area contributed by atoms with Gasteiger partial charge in [-0.2, -0.15) is 0 Å². The minimum Gasteiger partial charge on any atom is -0.481 e. The fourth-order valence-electron chi connectivity index (χ4n) is 3.23. The van der Waals surface area contributed by atoms with Gasteiger partial charge in [-0.3, -0.25) is 33.6 Å². The number of aliphatic hydroxyl groups is 1. The van der Waals surface area contributed by atoms with E-state index in [1.165, 1.54) is 0 Å². The van der Waals surface area contributed by atoms with E-state index in [4.69, 9.17) is 21.7 Å². The van der Waals surface area contributed by atoms with Gasteiger partial charge >= 0.3 is 17.9 Å². The molecule has 12 N–H and O–H groups in total. The highest BCUT2D eigenvalue weighted by Crippen LogP contribution is 2.06. The zero-order chi connectivity index (χ0) is 32.0. The number of nitrogens with one attached hydrogen (secondary N) is 4. The van der Waals surface area contributed by atoms with E-state index in [0.717, 1.165) is 6.92 Å². The minimum atomic E-state index is -1.83. The number of carboxylic acids is 3. The van der Waals surface area contributed by atoms with E-state index in [9.17, 15) is 48.6 Å². The van der Waals surface area contributed by atoms with Gasteiger partial charge in [-0.1, -0.05) is 13.8 Å². The molecule has 0 radical (unpaired) electrons. The summed E-state index contributed by atoms with van der Waals surface area (Å²) in [5.41, 5.74) is 10.7. The highest BCUT2D eigenvalue weighted by molar-refractivity contribution is 5.97. The van der Waals surface area contributed by atoms with Gasteiger partial charge in [0, 0.05) is 12.8 Å². The lowest BCUT2D eigenvalue weighted by Gasteiger charge is -2.27. The van der Waals surface area contributed by atoms with Crippen LogP contribution in [0.25, 0.3) is 0 Å². The smallest absolute Gasteiger partial charge is 0.326 e. The fourth-order valence-corrected chi connectivity index (χ4v) is 3.23. The van der Waals surface area contributed by atoms with Crippen LogP contribution in [0.1, 0.15) is 52.9 Å². The Morgan fingerprint density at radius 3 is 1.59 bits per heavy atom. The average Bonchev–Trinajstić information content (AvgIpc) is 2.84. The number of amides is 5. The summed E-state index contributed by atoms with van der Waals surface area (Å²) in [6.07, 6.45) is -4.58. The summed E-state index contributed by atoms with van der Waals surface area (Å²) >= 11 is 0. The Morgan fingerprint density at radius 1 is 0.659 bits per heavy atom. The molecule has 0 heterocycles. The normalized spacial score (nSPS) is 15.3. The largest absolute Gasteiger partial charge is 0.481 e. The van der Waals surface area contributed by atoms with Gasteiger partial charge in [0.1, 0.15) is 24.2 Å². The third kappa shape index (κ3) is 14.0. The third-order valence-electron chi connectivity index (χ3n) is 5.67. The van der Waals surface area contributed by atoms with Crippen LogP contribution in [0.3, 0.4) is 0 Å². The van der Waals surface area contributed by atoms with Crippen molar-refractivity contribution in [1.82, 2.24) is 21.3 Å². The average molecular weight is 591 g/mol. The first-order valence-corrected chi connectivity index (χ1v) is 12.5. The summed E-state index contributed by atoms with van der Waals surface area (Å²) in [6, 6.07) is -7.94. The van der Waals surface area contributed by atoms with Crippen molar-refractivity contribution >= 4 is 47.4 Å². The maximum atomic E-state index is 13.0. The number of aliphatic carboxylic acids is 3. The van der Waals surface area contributed by atoms with Crippen molar-refractivity contribution in [3.05, 3.63) is 0 Å². The molecule has 0 aliphatic carbocycles. The predicted molar refractivity (Wildman–Crippen MR) is 137 cm³/mol. The molecule has 18 heteroatoms. The molecule has 0 bridgehead atoms. The molecule has 6 atom stereocenters. The Kier molecular flexibility index (Phi) is 15.6. The molecule has 41 heavy (non-hydrogen) atoms. The quantitative estimate of drug-likeness (QED) is 0.0686. The lowest BCUT2D eigenvalue weighted by molar-refractivity contribution is -0.143.